The minimum absolute atomic E-state index is 0.190. The van der Waals surface area contributed by atoms with Crippen LogP contribution in [0.15, 0.2) is 11.6 Å². The Bertz CT molecular complexity index is 283. The van der Waals surface area contributed by atoms with Crippen LogP contribution in [0.2, 0.25) is 0 Å². The third kappa shape index (κ3) is 2.42. The number of aliphatic hydroxyl groups is 1. The van der Waals surface area contributed by atoms with Crippen molar-refractivity contribution in [1.29, 1.82) is 0 Å². The molecule has 0 spiro atoms. The van der Waals surface area contributed by atoms with E-state index in [2.05, 4.69) is 5.32 Å². The molecule has 2 unspecified atom stereocenters. The van der Waals surface area contributed by atoms with Crippen molar-refractivity contribution in [1.82, 2.24) is 5.32 Å². The van der Waals surface area contributed by atoms with E-state index in [1.807, 2.05) is 13.8 Å². The smallest absolute Gasteiger partial charge is 0.256 e. The molecule has 0 bridgehead atoms. The highest BCUT2D eigenvalue weighted by atomic mass is 16.3. The fourth-order valence-corrected chi connectivity index (χ4v) is 1.35. The van der Waals surface area contributed by atoms with Crippen LogP contribution < -0.4 is 5.32 Å². The SMILES string of the molecule is CCC(C)CC(O)C1=CC(=O)NC1=O. The molecular formula is C10H15NO3. The lowest BCUT2D eigenvalue weighted by atomic mass is 9.96. The van der Waals surface area contributed by atoms with Gasteiger partial charge in [0.1, 0.15) is 0 Å². The van der Waals surface area contributed by atoms with Crippen molar-refractivity contribution < 1.29 is 14.7 Å². The molecule has 0 saturated heterocycles. The Kier molecular flexibility index (Phi) is 3.41. The number of imide groups is 1. The van der Waals surface area contributed by atoms with Crippen molar-refractivity contribution in [3.05, 3.63) is 11.6 Å². The third-order valence-corrected chi connectivity index (χ3v) is 2.47. The predicted octanol–water partition coefficient (Wildman–Crippen LogP) is 0.366. The number of nitrogens with one attached hydrogen (secondary N) is 1. The summed E-state index contributed by atoms with van der Waals surface area (Å²) >= 11 is 0. The summed E-state index contributed by atoms with van der Waals surface area (Å²) < 4.78 is 0. The lowest BCUT2D eigenvalue weighted by Crippen LogP contribution is -2.26. The molecule has 0 aromatic rings. The lowest BCUT2D eigenvalue weighted by molar-refractivity contribution is -0.124. The summed E-state index contributed by atoms with van der Waals surface area (Å²) in [6.07, 6.45) is 1.81. The Morgan fingerprint density at radius 3 is 2.57 bits per heavy atom. The van der Waals surface area contributed by atoms with Crippen molar-refractivity contribution in [2.45, 2.75) is 32.8 Å². The van der Waals surface area contributed by atoms with Crippen LogP contribution in [-0.4, -0.2) is 23.0 Å². The molecule has 4 heteroatoms. The first kappa shape index (κ1) is 10.9. The third-order valence-electron chi connectivity index (χ3n) is 2.47. The van der Waals surface area contributed by atoms with Crippen LogP contribution in [0.25, 0.3) is 0 Å². The quantitative estimate of drug-likeness (QED) is 0.640. The van der Waals surface area contributed by atoms with Gasteiger partial charge in [-0.25, -0.2) is 0 Å². The number of carbonyl (C=O) groups is 2. The molecule has 0 aromatic heterocycles. The largest absolute Gasteiger partial charge is 0.388 e. The van der Waals surface area contributed by atoms with E-state index >= 15 is 0 Å². The summed E-state index contributed by atoms with van der Waals surface area (Å²) in [5.74, 6) is -0.562. The summed E-state index contributed by atoms with van der Waals surface area (Å²) in [7, 11) is 0. The van der Waals surface area contributed by atoms with Gasteiger partial charge in [-0.15, -0.1) is 0 Å². The summed E-state index contributed by atoms with van der Waals surface area (Å²) in [5, 5.41) is 11.8. The molecule has 2 N–H and O–H groups in total. The predicted molar refractivity (Wildman–Crippen MR) is 51.3 cm³/mol. The van der Waals surface area contributed by atoms with Crippen LogP contribution in [0.3, 0.4) is 0 Å². The van der Waals surface area contributed by atoms with Crippen LogP contribution >= 0.6 is 0 Å². The number of hydrogen-bond donors (Lipinski definition) is 2. The molecular weight excluding hydrogens is 182 g/mol. The minimum atomic E-state index is -0.823. The van der Waals surface area contributed by atoms with Gasteiger partial charge >= 0.3 is 0 Å². The van der Waals surface area contributed by atoms with Gasteiger partial charge in [0.15, 0.2) is 0 Å². The molecule has 0 saturated carbocycles. The summed E-state index contributed by atoms with van der Waals surface area (Å²) in [5.41, 5.74) is 0.190. The Labute approximate surface area is 83.0 Å². The lowest BCUT2D eigenvalue weighted by Gasteiger charge is -2.14. The monoisotopic (exact) mass is 197 g/mol. The normalized spacial score (nSPS) is 20.4. The Morgan fingerprint density at radius 2 is 2.14 bits per heavy atom. The second-order valence-electron chi connectivity index (χ2n) is 3.68. The van der Waals surface area contributed by atoms with Gasteiger partial charge in [-0.3, -0.25) is 14.9 Å². The summed E-state index contributed by atoms with van der Waals surface area (Å²) in [6.45, 7) is 4.02. The Hall–Kier alpha value is -1.16. The van der Waals surface area contributed by atoms with E-state index in [4.69, 9.17) is 0 Å². The van der Waals surface area contributed by atoms with Crippen molar-refractivity contribution >= 4 is 11.8 Å². The number of amides is 2. The van der Waals surface area contributed by atoms with Gasteiger partial charge in [-0.2, -0.15) is 0 Å². The first-order valence-electron chi connectivity index (χ1n) is 4.79. The van der Waals surface area contributed by atoms with E-state index in [-0.39, 0.29) is 5.57 Å². The number of hydrogen-bond acceptors (Lipinski definition) is 3. The van der Waals surface area contributed by atoms with Gasteiger partial charge in [-0.05, 0) is 12.3 Å². The molecule has 1 aliphatic rings. The van der Waals surface area contributed by atoms with Crippen LogP contribution in [0, 0.1) is 5.92 Å². The van der Waals surface area contributed by atoms with Crippen LogP contribution in [-0.2, 0) is 9.59 Å². The van der Waals surface area contributed by atoms with Crippen LogP contribution in [0.5, 0.6) is 0 Å². The molecule has 1 heterocycles. The van der Waals surface area contributed by atoms with E-state index in [1.54, 1.807) is 0 Å². The Balaban J connectivity index is 2.61. The molecule has 4 nitrogen and oxygen atoms in total. The molecule has 1 aliphatic heterocycles. The van der Waals surface area contributed by atoms with E-state index in [0.717, 1.165) is 6.42 Å². The molecule has 2 amide bonds. The number of aliphatic hydroxyl groups excluding tert-OH is 1. The van der Waals surface area contributed by atoms with Gasteiger partial charge in [0.05, 0.1) is 11.7 Å². The molecule has 78 valence electrons. The highest BCUT2D eigenvalue weighted by molar-refractivity contribution is 6.16. The minimum Gasteiger partial charge on any atom is -0.388 e. The molecule has 2 atom stereocenters. The second kappa shape index (κ2) is 4.37. The maximum atomic E-state index is 11.1. The first-order valence-corrected chi connectivity index (χ1v) is 4.79. The van der Waals surface area contributed by atoms with E-state index < -0.39 is 17.9 Å². The van der Waals surface area contributed by atoms with Crippen LogP contribution in [0.1, 0.15) is 26.7 Å². The standard InChI is InChI=1S/C10H15NO3/c1-3-6(2)4-8(12)7-5-9(13)11-10(7)14/h5-6,8,12H,3-4H2,1-2H3,(H,11,13,14). The maximum absolute atomic E-state index is 11.1. The van der Waals surface area contributed by atoms with Crippen molar-refractivity contribution in [3.63, 3.8) is 0 Å². The zero-order chi connectivity index (χ0) is 10.7. The number of carbonyl (C=O) groups excluding carboxylic acids is 2. The highest BCUT2D eigenvalue weighted by Gasteiger charge is 2.27. The van der Waals surface area contributed by atoms with E-state index in [1.165, 1.54) is 6.08 Å². The average molecular weight is 197 g/mol. The zero-order valence-corrected chi connectivity index (χ0v) is 8.41. The van der Waals surface area contributed by atoms with Crippen molar-refractivity contribution in [2.75, 3.05) is 0 Å². The van der Waals surface area contributed by atoms with Gasteiger partial charge in [0, 0.05) is 6.08 Å². The Morgan fingerprint density at radius 1 is 1.50 bits per heavy atom. The van der Waals surface area contributed by atoms with E-state index in [0.29, 0.717) is 12.3 Å². The molecule has 0 aromatic carbocycles. The van der Waals surface area contributed by atoms with Crippen LogP contribution in [0.4, 0.5) is 0 Å². The maximum Gasteiger partial charge on any atom is 0.256 e. The van der Waals surface area contributed by atoms with Crippen molar-refractivity contribution in [3.8, 4) is 0 Å². The molecule has 14 heavy (non-hydrogen) atoms. The summed E-state index contributed by atoms with van der Waals surface area (Å²) in [6, 6.07) is 0. The average Bonchev–Trinajstić information content (AvgIpc) is 2.45. The van der Waals surface area contributed by atoms with E-state index in [9.17, 15) is 14.7 Å². The number of rotatable bonds is 4. The van der Waals surface area contributed by atoms with Gasteiger partial charge in [-0.1, -0.05) is 20.3 Å². The highest BCUT2D eigenvalue weighted by Crippen LogP contribution is 2.17. The van der Waals surface area contributed by atoms with Gasteiger partial charge in [0.2, 0.25) is 0 Å². The van der Waals surface area contributed by atoms with Crippen molar-refractivity contribution in [2.24, 2.45) is 5.92 Å². The molecule has 0 fully saturated rings. The second-order valence-corrected chi connectivity index (χ2v) is 3.68. The topological polar surface area (TPSA) is 66.4 Å². The van der Waals surface area contributed by atoms with Gasteiger partial charge in [0.25, 0.3) is 11.8 Å². The summed E-state index contributed by atoms with van der Waals surface area (Å²) in [4.78, 5) is 21.9. The molecule has 0 aliphatic carbocycles. The molecule has 1 rings (SSSR count). The first-order chi connectivity index (χ1) is 6.54. The molecule has 0 radical (unpaired) electrons. The van der Waals surface area contributed by atoms with Gasteiger partial charge < -0.3 is 5.11 Å². The fraction of sp³-hybridized carbons (Fsp3) is 0.600. The zero-order valence-electron chi connectivity index (χ0n) is 8.41. The fourth-order valence-electron chi connectivity index (χ4n) is 1.35.